The number of hydrogen-bond donors (Lipinski definition) is 0. The summed E-state index contributed by atoms with van der Waals surface area (Å²) >= 11 is 1.60. The molecule has 2 amide bonds. The molecule has 2 atom stereocenters. The van der Waals surface area contributed by atoms with E-state index in [2.05, 4.69) is 4.98 Å². The van der Waals surface area contributed by atoms with Crippen molar-refractivity contribution in [2.45, 2.75) is 51.7 Å². The van der Waals surface area contributed by atoms with Crippen LogP contribution in [0.15, 0.2) is 22.1 Å². The summed E-state index contributed by atoms with van der Waals surface area (Å²) in [6.45, 7) is 5.00. The minimum absolute atomic E-state index is 0.0116. The van der Waals surface area contributed by atoms with E-state index in [1.165, 1.54) is 0 Å². The van der Waals surface area contributed by atoms with Crippen LogP contribution in [0.1, 0.15) is 46.1 Å². The second-order valence-corrected chi connectivity index (χ2v) is 7.79. The van der Waals surface area contributed by atoms with E-state index in [4.69, 9.17) is 4.42 Å². The summed E-state index contributed by atoms with van der Waals surface area (Å²) < 4.78 is 5.28. The average Bonchev–Trinajstić information content (AvgIpc) is 3.29. The summed E-state index contributed by atoms with van der Waals surface area (Å²) in [7, 11) is 0. The van der Waals surface area contributed by atoms with Crippen molar-refractivity contribution in [1.29, 1.82) is 0 Å². The average molecular weight is 359 g/mol. The second kappa shape index (κ2) is 6.29. The maximum Gasteiger partial charge on any atom is 0.257 e. The first-order chi connectivity index (χ1) is 12.0. The number of aromatic nitrogens is 1. The fourth-order valence-electron chi connectivity index (χ4n) is 4.02. The highest BCUT2D eigenvalue weighted by molar-refractivity contribution is 7.09. The van der Waals surface area contributed by atoms with Gasteiger partial charge in [0.2, 0.25) is 5.91 Å². The van der Waals surface area contributed by atoms with E-state index >= 15 is 0 Å². The number of furan rings is 1. The summed E-state index contributed by atoms with van der Waals surface area (Å²) in [4.78, 5) is 33.7. The fourth-order valence-corrected chi connectivity index (χ4v) is 4.63. The third kappa shape index (κ3) is 2.86. The Bertz CT molecular complexity index is 812. The van der Waals surface area contributed by atoms with Crippen molar-refractivity contribution in [1.82, 2.24) is 14.8 Å². The fraction of sp³-hybridized carbons (Fsp3) is 0.500. The van der Waals surface area contributed by atoms with Crippen LogP contribution in [0, 0.1) is 13.8 Å². The van der Waals surface area contributed by atoms with E-state index in [9.17, 15) is 9.59 Å². The Balaban J connectivity index is 1.54. The maximum absolute atomic E-state index is 12.9. The molecule has 2 saturated heterocycles. The number of carbonyl (C=O) groups is 2. The lowest BCUT2D eigenvalue weighted by molar-refractivity contribution is -0.138. The van der Waals surface area contributed by atoms with Gasteiger partial charge in [-0.05, 0) is 32.8 Å². The van der Waals surface area contributed by atoms with Gasteiger partial charge in [0.05, 0.1) is 41.2 Å². The third-order valence-corrected chi connectivity index (χ3v) is 6.06. The molecule has 0 aromatic carbocycles. The number of piperidine rings is 1. The van der Waals surface area contributed by atoms with Gasteiger partial charge in [-0.15, -0.1) is 11.3 Å². The first-order valence-electron chi connectivity index (χ1n) is 8.60. The Labute approximate surface area is 150 Å². The molecule has 2 aromatic heterocycles. The molecule has 7 heteroatoms. The quantitative estimate of drug-likeness (QED) is 0.845. The van der Waals surface area contributed by atoms with Gasteiger partial charge < -0.3 is 14.2 Å². The van der Waals surface area contributed by atoms with E-state index in [0.29, 0.717) is 30.8 Å². The largest absolute Gasteiger partial charge is 0.469 e. The normalized spacial score (nSPS) is 23.2. The molecule has 0 unspecified atom stereocenters. The van der Waals surface area contributed by atoms with Crippen molar-refractivity contribution in [2.75, 3.05) is 6.54 Å². The molecule has 2 aliphatic heterocycles. The first kappa shape index (κ1) is 16.3. The summed E-state index contributed by atoms with van der Waals surface area (Å²) in [5.41, 5.74) is 1.56. The summed E-state index contributed by atoms with van der Waals surface area (Å²) in [5.74, 6) is 0.827. The molecule has 4 rings (SSSR count). The Morgan fingerprint density at radius 1 is 1.36 bits per heavy atom. The SMILES string of the molecule is Cc1nc(CN2C(=O)CC[C@@H]3[C@@H]2CCN3C(=O)c2ccoc2C)cs1. The van der Waals surface area contributed by atoms with Crippen LogP contribution in [-0.4, -0.2) is 45.2 Å². The molecule has 0 bridgehead atoms. The van der Waals surface area contributed by atoms with Crippen LogP contribution >= 0.6 is 11.3 Å². The minimum atomic E-state index is 0.0116. The molecule has 0 aliphatic carbocycles. The first-order valence-corrected chi connectivity index (χ1v) is 9.48. The number of likely N-dealkylation sites (tertiary alicyclic amines) is 2. The van der Waals surface area contributed by atoms with Gasteiger partial charge in [0, 0.05) is 18.3 Å². The van der Waals surface area contributed by atoms with Crippen molar-refractivity contribution in [3.63, 3.8) is 0 Å². The molecule has 2 aromatic rings. The topological polar surface area (TPSA) is 66.7 Å². The molecule has 2 aliphatic rings. The Hall–Kier alpha value is -2.15. The van der Waals surface area contributed by atoms with Gasteiger partial charge >= 0.3 is 0 Å². The molecule has 4 heterocycles. The van der Waals surface area contributed by atoms with E-state index in [0.717, 1.165) is 23.5 Å². The van der Waals surface area contributed by atoms with E-state index in [1.807, 2.05) is 29.0 Å². The molecule has 25 heavy (non-hydrogen) atoms. The highest BCUT2D eigenvalue weighted by atomic mass is 32.1. The van der Waals surface area contributed by atoms with Crippen LogP contribution in [0.3, 0.4) is 0 Å². The van der Waals surface area contributed by atoms with Gasteiger partial charge in [-0.2, -0.15) is 0 Å². The lowest BCUT2D eigenvalue weighted by Crippen LogP contribution is -2.52. The predicted octanol–water partition coefficient (Wildman–Crippen LogP) is 2.76. The van der Waals surface area contributed by atoms with Gasteiger partial charge in [-0.1, -0.05) is 0 Å². The van der Waals surface area contributed by atoms with Crippen molar-refractivity contribution >= 4 is 23.2 Å². The summed E-state index contributed by atoms with van der Waals surface area (Å²) in [6.07, 6.45) is 3.59. The lowest BCUT2D eigenvalue weighted by Gasteiger charge is -2.39. The number of amides is 2. The number of nitrogens with zero attached hydrogens (tertiary/aromatic N) is 3. The van der Waals surface area contributed by atoms with Crippen molar-refractivity contribution in [3.05, 3.63) is 39.7 Å². The van der Waals surface area contributed by atoms with E-state index < -0.39 is 0 Å². The van der Waals surface area contributed by atoms with Gasteiger partial charge in [0.1, 0.15) is 5.76 Å². The van der Waals surface area contributed by atoms with Crippen LogP contribution in [0.2, 0.25) is 0 Å². The Morgan fingerprint density at radius 3 is 2.88 bits per heavy atom. The van der Waals surface area contributed by atoms with Gasteiger partial charge in [-0.25, -0.2) is 4.98 Å². The second-order valence-electron chi connectivity index (χ2n) is 6.73. The monoisotopic (exact) mass is 359 g/mol. The van der Waals surface area contributed by atoms with E-state index in [-0.39, 0.29) is 23.9 Å². The molecule has 132 valence electrons. The smallest absolute Gasteiger partial charge is 0.257 e. The number of thiazole rings is 1. The molecule has 0 spiro atoms. The molecule has 0 saturated carbocycles. The van der Waals surface area contributed by atoms with Crippen molar-refractivity contribution in [3.8, 4) is 0 Å². The number of fused-ring (bicyclic) bond motifs is 1. The van der Waals surface area contributed by atoms with Crippen LogP contribution in [0.5, 0.6) is 0 Å². The lowest BCUT2D eigenvalue weighted by atomic mass is 9.95. The van der Waals surface area contributed by atoms with E-state index in [1.54, 1.807) is 23.7 Å². The zero-order valence-electron chi connectivity index (χ0n) is 14.4. The number of rotatable bonds is 3. The predicted molar refractivity (Wildman–Crippen MR) is 93.3 cm³/mol. The van der Waals surface area contributed by atoms with Gasteiger partial charge in [0.15, 0.2) is 0 Å². The Morgan fingerprint density at radius 2 is 2.20 bits per heavy atom. The summed E-state index contributed by atoms with van der Waals surface area (Å²) in [5, 5.41) is 3.02. The highest BCUT2D eigenvalue weighted by Crippen LogP contribution is 2.34. The van der Waals surface area contributed by atoms with Gasteiger partial charge in [0.25, 0.3) is 5.91 Å². The highest BCUT2D eigenvalue weighted by Gasteiger charge is 2.45. The molecule has 0 N–H and O–H groups in total. The third-order valence-electron chi connectivity index (χ3n) is 5.23. The van der Waals surface area contributed by atoms with Crippen molar-refractivity contribution in [2.24, 2.45) is 0 Å². The number of carbonyl (C=O) groups excluding carboxylic acids is 2. The maximum atomic E-state index is 12.9. The Kier molecular flexibility index (Phi) is 4.11. The van der Waals surface area contributed by atoms with Crippen molar-refractivity contribution < 1.29 is 14.0 Å². The zero-order valence-corrected chi connectivity index (χ0v) is 15.2. The minimum Gasteiger partial charge on any atom is -0.469 e. The zero-order chi connectivity index (χ0) is 17.6. The van der Waals surface area contributed by atoms with Crippen LogP contribution in [0.4, 0.5) is 0 Å². The van der Waals surface area contributed by atoms with Crippen LogP contribution in [0.25, 0.3) is 0 Å². The van der Waals surface area contributed by atoms with Gasteiger partial charge in [-0.3, -0.25) is 9.59 Å². The molecule has 0 radical (unpaired) electrons. The molecular weight excluding hydrogens is 338 g/mol. The standard InChI is InChI=1S/C18H21N3O3S/c1-11-14(6-8-24-11)18(23)20-7-5-16-15(20)3-4-17(22)21(16)9-13-10-25-12(2)19-13/h6,8,10,15-16H,3-5,7,9H2,1-2H3/t15-,16+/m1/s1. The summed E-state index contributed by atoms with van der Waals surface area (Å²) in [6, 6.07) is 1.90. The van der Waals surface area contributed by atoms with Crippen LogP contribution in [-0.2, 0) is 11.3 Å². The van der Waals surface area contributed by atoms with Crippen LogP contribution < -0.4 is 0 Å². The molecular formula is C18H21N3O3S. The molecule has 6 nitrogen and oxygen atoms in total. The number of hydrogen-bond acceptors (Lipinski definition) is 5. The molecule has 2 fully saturated rings. The number of aryl methyl sites for hydroxylation is 2.